The van der Waals surface area contributed by atoms with Crippen LogP contribution in [-0.2, 0) is 0 Å². The van der Waals surface area contributed by atoms with Gasteiger partial charge in [0.25, 0.3) is 0 Å². The van der Waals surface area contributed by atoms with Crippen molar-refractivity contribution in [1.82, 2.24) is 15.2 Å². The number of benzene rings is 1. The Morgan fingerprint density at radius 1 is 1.29 bits per heavy atom. The fourth-order valence-electron chi connectivity index (χ4n) is 2.26. The van der Waals surface area contributed by atoms with Crippen LogP contribution in [0.1, 0.15) is 6.42 Å². The first-order valence-corrected chi connectivity index (χ1v) is 7.19. The lowest BCUT2D eigenvalue weighted by atomic mass is 10.1. The Balaban J connectivity index is 1.96. The van der Waals surface area contributed by atoms with Crippen LogP contribution in [0.15, 0.2) is 18.2 Å². The normalized spacial score (nSPS) is 18.2. The molecule has 3 N–H and O–H groups in total. The van der Waals surface area contributed by atoms with Crippen LogP contribution >= 0.6 is 23.2 Å². The summed E-state index contributed by atoms with van der Waals surface area (Å²) in [5.41, 5.74) is 6.96. The number of hydrogen-bond donors (Lipinski definition) is 2. The molecule has 1 aliphatic heterocycles. The Morgan fingerprint density at radius 2 is 2.10 bits per heavy atom. The van der Waals surface area contributed by atoms with Crippen molar-refractivity contribution < 1.29 is 5.11 Å². The van der Waals surface area contributed by atoms with E-state index in [1.165, 1.54) is 0 Å². The van der Waals surface area contributed by atoms with E-state index in [0.29, 0.717) is 46.8 Å². The molecule has 0 spiro atoms. The predicted octanol–water partition coefficient (Wildman–Crippen LogP) is 2.00. The van der Waals surface area contributed by atoms with Crippen molar-refractivity contribution in [2.75, 3.05) is 23.7 Å². The van der Waals surface area contributed by atoms with Gasteiger partial charge in [-0.25, -0.2) is 0 Å². The third-order valence-corrected chi connectivity index (χ3v) is 4.17. The zero-order chi connectivity index (χ0) is 15.0. The maximum absolute atomic E-state index is 9.55. The highest BCUT2D eigenvalue weighted by Gasteiger charge is 2.24. The van der Waals surface area contributed by atoms with E-state index < -0.39 is 0 Å². The van der Waals surface area contributed by atoms with E-state index in [1.54, 1.807) is 18.2 Å². The topological polar surface area (TPSA) is 88.2 Å². The number of anilines is 2. The highest BCUT2D eigenvalue weighted by Crippen LogP contribution is 2.34. The van der Waals surface area contributed by atoms with Gasteiger partial charge in [0.1, 0.15) is 5.69 Å². The summed E-state index contributed by atoms with van der Waals surface area (Å²) in [6.45, 7) is 1.16. The number of β-amino-alcohol motifs (C(OH)–C–C–N with tert-alkyl or cyclic N) is 1. The molecule has 1 aliphatic rings. The fraction of sp³-hybridized carbons (Fsp3) is 0.308. The average Bonchev–Trinajstić information content (AvgIpc) is 2.89. The van der Waals surface area contributed by atoms with Crippen molar-refractivity contribution in [2.24, 2.45) is 0 Å². The summed E-state index contributed by atoms with van der Waals surface area (Å²) in [7, 11) is 0. The molecule has 1 fully saturated rings. The van der Waals surface area contributed by atoms with Gasteiger partial charge in [-0.3, -0.25) is 0 Å². The van der Waals surface area contributed by atoms with Crippen molar-refractivity contribution in [1.29, 1.82) is 0 Å². The number of aromatic nitrogens is 3. The fourth-order valence-corrected chi connectivity index (χ4v) is 2.65. The van der Waals surface area contributed by atoms with Crippen molar-refractivity contribution >= 4 is 35.0 Å². The predicted molar refractivity (Wildman–Crippen MR) is 82.5 cm³/mol. The number of nitrogens with zero attached hydrogens (tertiary/aromatic N) is 4. The van der Waals surface area contributed by atoms with E-state index in [4.69, 9.17) is 28.9 Å². The number of aliphatic hydroxyl groups excluding tert-OH is 1. The summed E-state index contributed by atoms with van der Waals surface area (Å²) in [4.78, 5) is 6.10. The second kappa shape index (κ2) is 5.63. The third-order valence-electron chi connectivity index (χ3n) is 3.36. The SMILES string of the molecule is Nc1nc(N2CC[C@@H](O)C2)nnc1-c1cccc(Cl)c1Cl. The molecule has 0 bridgehead atoms. The van der Waals surface area contributed by atoms with Crippen molar-refractivity contribution in [3.63, 3.8) is 0 Å². The zero-order valence-corrected chi connectivity index (χ0v) is 12.5. The van der Waals surface area contributed by atoms with Crippen LogP contribution < -0.4 is 10.6 Å². The van der Waals surface area contributed by atoms with Crippen LogP contribution in [0.2, 0.25) is 10.0 Å². The highest BCUT2D eigenvalue weighted by atomic mass is 35.5. The molecule has 0 amide bonds. The van der Waals surface area contributed by atoms with Crippen molar-refractivity contribution in [3.8, 4) is 11.3 Å². The Labute approximate surface area is 131 Å². The van der Waals surface area contributed by atoms with E-state index in [-0.39, 0.29) is 11.9 Å². The Kier molecular flexibility index (Phi) is 3.84. The second-order valence-corrected chi connectivity index (χ2v) is 5.62. The van der Waals surface area contributed by atoms with E-state index in [9.17, 15) is 5.11 Å². The Morgan fingerprint density at radius 3 is 2.76 bits per heavy atom. The van der Waals surface area contributed by atoms with Crippen LogP contribution in [0.3, 0.4) is 0 Å². The van der Waals surface area contributed by atoms with E-state index >= 15 is 0 Å². The maximum atomic E-state index is 9.55. The molecular weight excluding hydrogens is 313 g/mol. The minimum absolute atomic E-state index is 0.227. The van der Waals surface area contributed by atoms with E-state index in [0.717, 1.165) is 0 Å². The number of rotatable bonds is 2. The van der Waals surface area contributed by atoms with Gasteiger partial charge in [0.2, 0.25) is 5.95 Å². The van der Waals surface area contributed by atoms with E-state index in [2.05, 4.69) is 15.2 Å². The van der Waals surface area contributed by atoms with Crippen LogP contribution in [0, 0.1) is 0 Å². The zero-order valence-electron chi connectivity index (χ0n) is 11.0. The molecule has 0 unspecified atom stereocenters. The molecule has 3 rings (SSSR count). The minimum Gasteiger partial charge on any atom is -0.391 e. The molecule has 6 nitrogen and oxygen atoms in total. The number of aliphatic hydroxyl groups is 1. The molecule has 0 radical (unpaired) electrons. The molecule has 110 valence electrons. The molecule has 2 aromatic rings. The largest absolute Gasteiger partial charge is 0.391 e. The molecule has 1 aromatic carbocycles. The summed E-state index contributed by atoms with van der Waals surface area (Å²) < 4.78 is 0. The first-order valence-electron chi connectivity index (χ1n) is 6.44. The van der Waals surface area contributed by atoms with Gasteiger partial charge in [0, 0.05) is 18.7 Å². The van der Waals surface area contributed by atoms with Gasteiger partial charge in [0.05, 0.1) is 16.1 Å². The Hall–Kier alpha value is -1.63. The van der Waals surface area contributed by atoms with Crippen LogP contribution in [-0.4, -0.2) is 39.5 Å². The summed E-state index contributed by atoms with van der Waals surface area (Å²) >= 11 is 12.1. The molecule has 0 saturated carbocycles. The molecule has 21 heavy (non-hydrogen) atoms. The Bertz CT molecular complexity index is 682. The van der Waals surface area contributed by atoms with Gasteiger partial charge < -0.3 is 15.7 Å². The molecule has 2 heterocycles. The first kappa shape index (κ1) is 14.3. The van der Waals surface area contributed by atoms with Gasteiger partial charge in [-0.15, -0.1) is 10.2 Å². The molecular formula is C13H13Cl2N5O. The average molecular weight is 326 g/mol. The van der Waals surface area contributed by atoms with Gasteiger partial charge in [-0.1, -0.05) is 35.3 Å². The lowest BCUT2D eigenvalue weighted by molar-refractivity contribution is 0.198. The quantitative estimate of drug-likeness (QED) is 0.877. The maximum Gasteiger partial charge on any atom is 0.247 e. The molecule has 8 heteroatoms. The van der Waals surface area contributed by atoms with Crippen molar-refractivity contribution in [3.05, 3.63) is 28.2 Å². The number of hydrogen-bond acceptors (Lipinski definition) is 6. The standard InChI is InChI=1S/C13H13Cl2N5O/c14-9-3-1-2-8(10(9)15)11-12(16)17-13(19-18-11)20-5-4-7(21)6-20/h1-3,7,21H,4-6H2,(H2,16,17,19)/t7-/m1/s1. The third kappa shape index (κ3) is 2.74. The van der Waals surface area contributed by atoms with Crippen molar-refractivity contribution in [2.45, 2.75) is 12.5 Å². The lowest BCUT2D eigenvalue weighted by Crippen LogP contribution is -2.24. The van der Waals surface area contributed by atoms with Crippen LogP contribution in [0.25, 0.3) is 11.3 Å². The van der Waals surface area contributed by atoms with Gasteiger partial charge in [0.15, 0.2) is 5.82 Å². The molecule has 0 aliphatic carbocycles. The molecule has 1 atom stereocenters. The molecule has 1 saturated heterocycles. The first-order chi connectivity index (χ1) is 10.1. The summed E-state index contributed by atoms with van der Waals surface area (Å²) in [6, 6.07) is 5.20. The minimum atomic E-state index is -0.364. The summed E-state index contributed by atoms with van der Waals surface area (Å²) in [5.74, 6) is 0.636. The van der Waals surface area contributed by atoms with Crippen LogP contribution in [0.5, 0.6) is 0 Å². The molecule has 1 aromatic heterocycles. The monoisotopic (exact) mass is 325 g/mol. The smallest absolute Gasteiger partial charge is 0.247 e. The summed E-state index contributed by atoms with van der Waals surface area (Å²) in [6.07, 6.45) is 0.322. The second-order valence-electron chi connectivity index (χ2n) is 4.84. The number of nitrogen functional groups attached to an aromatic ring is 1. The van der Waals surface area contributed by atoms with Gasteiger partial charge in [-0.2, -0.15) is 4.98 Å². The number of halogens is 2. The number of nitrogens with two attached hydrogens (primary N) is 1. The van der Waals surface area contributed by atoms with Crippen LogP contribution in [0.4, 0.5) is 11.8 Å². The van der Waals surface area contributed by atoms with Gasteiger partial charge >= 0.3 is 0 Å². The highest BCUT2D eigenvalue weighted by molar-refractivity contribution is 6.43. The van der Waals surface area contributed by atoms with E-state index in [1.807, 2.05) is 4.90 Å². The van der Waals surface area contributed by atoms with Gasteiger partial charge in [-0.05, 0) is 12.5 Å². The summed E-state index contributed by atoms with van der Waals surface area (Å²) in [5, 5.41) is 18.5. The lowest BCUT2D eigenvalue weighted by Gasteiger charge is -2.15.